The van der Waals surface area contributed by atoms with E-state index in [-0.39, 0.29) is 12.0 Å². The molecule has 0 spiro atoms. The Hall–Kier alpha value is -0.870. The average molecular weight is 238 g/mol. The highest BCUT2D eigenvalue weighted by Gasteiger charge is 2.88. The minimum Gasteiger partial charge on any atom is -0.396 e. The zero-order chi connectivity index (χ0) is 11.4. The third-order valence-electron chi connectivity index (χ3n) is 4.12. The van der Waals surface area contributed by atoms with Crippen molar-refractivity contribution in [2.24, 2.45) is 5.41 Å². The van der Waals surface area contributed by atoms with E-state index in [1.807, 2.05) is 6.07 Å². The van der Waals surface area contributed by atoms with Crippen molar-refractivity contribution in [3.63, 3.8) is 0 Å². The first-order valence-corrected chi connectivity index (χ1v) is 6.97. The third-order valence-corrected chi connectivity index (χ3v) is 6.77. The summed E-state index contributed by atoms with van der Waals surface area (Å²) >= 11 is 0. The normalized spacial score (nSPS) is 35.6. The van der Waals surface area contributed by atoms with Gasteiger partial charge in [-0.3, -0.25) is 0 Å². The molecule has 0 heterocycles. The van der Waals surface area contributed by atoms with Gasteiger partial charge in [0.2, 0.25) is 0 Å². The molecule has 1 N–H and O–H groups in total. The van der Waals surface area contributed by atoms with Crippen molar-refractivity contribution in [3.05, 3.63) is 30.3 Å². The number of hydrogen-bond donors (Lipinski definition) is 1. The number of sulfone groups is 1. The first-order valence-electron chi connectivity index (χ1n) is 5.49. The van der Waals surface area contributed by atoms with Gasteiger partial charge in [-0.25, -0.2) is 8.42 Å². The summed E-state index contributed by atoms with van der Waals surface area (Å²) in [5.74, 6) is 0. The zero-order valence-corrected chi connectivity index (χ0v) is 9.70. The van der Waals surface area contributed by atoms with Crippen LogP contribution >= 0.6 is 0 Å². The molecule has 86 valence electrons. The molecule has 16 heavy (non-hydrogen) atoms. The van der Waals surface area contributed by atoms with E-state index in [4.69, 9.17) is 5.11 Å². The van der Waals surface area contributed by atoms with Crippen LogP contribution in [-0.2, 0) is 9.84 Å². The molecule has 2 aliphatic carbocycles. The molecule has 0 atom stereocenters. The molecule has 0 amide bonds. The summed E-state index contributed by atoms with van der Waals surface area (Å²) in [5.41, 5.74) is -0.0869. The van der Waals surface area contributed by atoms with Crippen molar-refractivity contribution in [1.29, 1.82) is 0 Å². The molecule has 4 heteroatoms. The van der Waals surface area contributed by atoms with Crippen molar-refractivity contribution in [2.75, 3.05) is 6.61 Å². The highest BCUT2D eigenvalue weighted by molar-refractivity contribution is 7.93. The van der Waals surface area contributed by atoms with Crippen molar-refractivity contribution >= 4 is 9.84 Å². The van der Waals surface area contributed by atoms with Crippen molar-refractivity contribution in [2.45, 2.75) is 28.9 Å². The van der Waals surface area contributed by atoms with Crippen molar-refractivity contribution in [1.82, 2.24) is 0 Å². The van der Waals surface area contributed by atoms with Crippen LogP contribution < -0.4 is 0 Å². The summed E-state index contributed by atoms with van der Waals surface area (Å²) in [7, 11) is -3.18. The lowest BCUT2D eigenvalue weighted by molar-refractivity contribution is 0.267. The Morgan fingerprint density at radius 1 is 1.19 bits per heavy atom. The molecule has 0 unspecified atom stereocenters. The van der Waals surface area contributed by atoms with Crippen LogP contribution in [0.15, 0.2) is 35.2 Å². The molecule has 0 radical (unpaired) electrons. The summed E-state index contributed by atoms with van der Waals surface area (Å²) in [6, 6.07) is 8.64. The van der Waals surface area contributed by atoms with Crippen LogP contribution in [0.3, 0.4) is 0 Å². The Balaban J connectivity index is 1.94. The van der Waals surface area contributed by atoms with Gasteiger partial charge in [0.25, 0.3) is 0 Å². The maximum atomic E-state index is 12.4. The first-order chi connectivity index (χ1) is 7.58. The fraction of sp³-hybridized carbons (Fsp3) is 0.500. The van der Waals surface area contributed by atoms with E-state index in [1.54, 1.807) is 24.3 Å². The van der Waals surface area contributed by atoms with Crippen LogP contribution in [0.2, 0.25) is 0 Å². The average Bonchev–Trinajstić information content (AvgIpc) is 3.06. The number of benzene rings is 1. The fourth-order valence-corrected chi connectivity index (χ4v) is 5.44. The van der Waals surface area contributed by atoms with Crippen LogP contribution in [0.1, 0.15) is 19.3 Å². The predicted molar refractivity (Wildman–Crippen MR) is 59.7 cm³/mol. The van der Waals surface area contributed by atoms with Crippen LogP contribution in [0.25, 0.3) is 0 Å². The SMILES string of the molecule is O=S(=O)(c1ccccc1)C12CC1(CCO)C2. The lowest BCUT2D eigenvalue weighted by atomic mass is 10.1. The smallest absolute Gasteiger partial charge is 0.184 e. The molecule has 0 aliphatic heterocycles. The molecular formula is C12H14O3S. The first kappa shape index (κ1) is 10.3. The second-order valence-corrected chi connectivity index (χ2v) is 7.18. The van der Waals surface area contributed by atoms with E-state index >= 15 is 0 Å². The summed E-state index contributed by atoms with van der Waals surface area (Å²) in [5, 5.41) is 8.92. The topological polar surface area (TPSA) is 54.4 Å². The van der Waals surface area contributed by atoms with Gasteiger partial charge in [-0.2, -0.15) is 0 Å². The molecule has 3 nitrogen and oxygen atoms in total. The maximum Gasteiger partial charge on any atom is 0.184 e. The largest absolute Gasteiger partial charge is 0.396 e. The van der Waals surface area contributed by atoms with E-state index < -0.39 is 14.6 Å². The van der Waals surface area contributed by atoms with Gasteiger partial charge in [-0.05, 0) is 36.8 Å². The predicted octanol–water partition coefficient (Wildman–Crippen LogP) is 1.38. The molecule has 1 aromatic carbocycles. The molecule has 0 bridgehead atoms. The number of rotatable bonds is 4. The number of aliphatic hydroxyl groups excluding tert-OH is 1. The molecule has 0 aromatic heterocycles. The fourth-order valence-electron chi connectivity index (χ4n) is 2.87. The molecular weight excluding hydrogens is 224 g/mol. The standard InChI is InChI=1S/C12H14O3S/c13-7-6-11-8-12(11,9-11)16(14,15)10-4-2-1-3-5-10/h1-5,13H,6-9H2. The summed E-state index contributed by atoms with van der Waals surface area (Å²) < 4.78 is 24.2. The Labute approximate surface area is 95.0 Å². The molecule has 1 aromatic rings. The maximum absolute atomic E-state index is 12.4. The van der Waals surface area contributed by atoms with Crippen LogP contribution in [-0.4, -0.2) is 24.9 Å². The van der Waals surface area contributed by atoms with Crippen molar-refractivity contribution in [3.8, 4) is 0 Å². The summed E-state index contributed by atoms with van der Waals surface area (Å²) in [6.07, 6.45) is 2.09. The van der Waals surface area contributed by atoms with Gasteiger partial charge in [-0.15, -0.1) is 0 Å². The number of fused-ring (bicyclic) bond motifs is 1. The molecule has 2 aliphatic rings. The van der Waals surface area contributed by atoms with Gasteiger partial charge in [0.1, 0.15) is 0 Å². The summed E-state index contributed by atoms with van der Waals surface area (Å²) in [6.45, 7) is 0.0893. The number of hydrogen-bond acceptors (Lipinski definition) is 3. The van der Waals surface area contributed by atoms with E-state index in [0.717, 1.165) is 12.8 Å². The minimum atomic E-state index is -3.18. The van der Waals surface area contributed by atoms with Gasteiger partial charge < -0.3 is 5.11 Å². The molecule has 2 saturated carbocycles. The van der Waals surface area contributed by atoms with Gasteiger partial charge in [0, 0.05) is 6.61 Å². The van der Waals surface area contributed by atoms with Gasteiger partial charge in [0.05, 0.1) is 9.64 Å². The summed E-state index contributed by atoms with van der Waals surface area (Å²) in [4.78, 5) is 0.423. The van der Waals surface area contributed by atoms with Gasteiger partial charge >= 0.3 is 0 Å². The number of aliphatic hydroxyl groups is 1. The van der Waals surface area contributed by atoms with E-state index in [9.17, 15) is 8.42 Å². The van der Waals surface area contributed by atoms with Gasteiger partial charge in [0.15, 0.2) is 9.84 Å². The third kappa shape index (κ3) is 1.04. The van der Waals surface area contributed by atoms with Gasteiger partial charge in [-0.1, -0.05) is 18.2 Å². The van der Waals surface area contributed by atoms with Crippen LogP contribution in [0, 0.1) is 5.41 Å². The quantitative estimate of drug-likeness (QED) is 0.862. The second-order valence-electron chi connectivity index (χ2n) is 4.92. The second kappa shape index (κ2) is 2.87. The highest BCUT2D eigenvalue weighted by Crippen LogP contribution is 2.84. The lowest BCUT2D eigenvalue weighted by Crippen LogP contribution is -2.14. The van der Waals surface area contributed by atoms with Crippen LogP contribution in [0.4, 0.5) is 0 Å². The monoisotopic (exact) mass is 238 g/mol. The Kier molecular flexibility index (Phi) is 1.85. The Bertz CT molecular complexity index is 512. The minimum absolute atomic E-state index is 0.0869. The lowest BCUT2D eigenvalue weighted by Gasteiger charge is -2.05. The van der Waals surface area contributed by atoms with Crippen LogP contribution in [0.5, 0.6) is 0 Å². The van der Waals surface area contributed by atoms with E-state index in [0.29, 0.717) is 11.3 Å². The Morgan fingerprint density at radius 2 is 1.81 bits per heavy atom. The van der Waals surface area contributed by atoms with Crippen molar-refractivity contribution < 1.29 is 13.5 Å². The Morgan fingerprint density at radius 3 is 2.38 bits per heavy atom. The van der Waals surface area contributed by atoms with E-state index in [1.165, 1.54) is 0 Å². The molecule has 2 fully saturated rings. The zero-order valence-electron chi connectivity index (χ0n) is 8.89. The highest BCUT2D eigenvalue weighted by atomic mass is 32.2. The molecule has 3 rings (SSSR count). The molecule has 0 saturated heterocycles. The van der Waals surface area contributed by atoms with E-state index in [2.05, 4.69) is 0 Å².